The normalized spacial score (nSPS) is 44.6. The summed E-state index contributed by atoms with van der Waals surface area (Å²) in [6.45, 7) is 5.26. The number of hydrogen-bond donors (Lipinski definition) is 10. The summed E-state index contributed by atoms with van der Waals surface area (Å²) in [4.78, 5) is 0. The van der Waals surface area contributed by atoms with Crippen molar-refractivity contribution in [3.63, 3.8) is 0 Å². The van der Waals surface area contributed by atoms with E-state index in [1.54, 1.807) is 0 Å². The molecule has 0 spiro atoms. The second-order valence-corrected chi connectivity index (χ2v) is 14.9. The van der Waals surface area contributed by atoms with Gasteiger partial charge in [0.05, 0.1) is 24.4 Å². The first-order chi connectivity index (χ1) is 26.9. The highest BCUT2D eigenvalue weighted by Gasteiger charge is 2.57. The fourth-order valence-corrected chi connectivity index (χ4v) is 7.60. The lowest BCUT2D eigenvalue weighted by Crippen LogP contribution is -2.67. The Morgan fingerprint density at radius 3 is 1.39 bits per heavy atom. The van der Waals surface area contributed by atoms with Gasteiger partial charge in [-0.2, -0.15) is 8.42 Å². The number of aliphatic hydroxyl groups excluding tert-OH is 6. The minimum atomic E-state index is -5.48. The Labute approximate surface area is 334 Å². The molecule has 20 atom stereocenters. The van der Waals surface area contributed by atoms with Crippen LogP contribution in [-0.2, 0) is 88.4 Å². The summed E-state index contributed by atoms with van der Waals surface area (Å²) in [5.41, 5.74) is 0. The Morgan fingerprint density at radius 2 is 0.860 bits per heavy atom. The zero-order valence-corrected chi connectivity index (χ0v) is 32.7. The second-order valence-electron chi connectivity index (χ2n) is 12.4. The van der Waals surface area contributed by atoms with Crippen LogP contribution in [0.5, 0.6) is 0 Å². The number of ether oxygens (including phenoxy) is 7. The molecule has 57 heavy (non-hydrogen) atoms. The molecule has 29 nitrogen and oxygen atoms in total. The summed E-state index contributed by atoms with van der Waals surface area (Å²) in [6.07, 6.45) is -33.6. The molecule has 4 rings (SSSR count). The fourth-order valence-electron chi connectivity index (χ4n) is 6.05. The third-order valence-electron chi connectivity index (χ3n) is 8.80. The molecule has 4 saturated heterocycles. The summed E-state index contributed by atoms with van der Waals surface area (Å²) in [7, 11) is -5.48. The van der Waals surface area contributed by atoms with Crippen LogP contribution in [0.1, 0.15) is 27.7 Å². The van der Waals surface area contributed by atoms with Crippen LogP contribution in [0, 0.1) is 0 Å². The maximum absolute atomic E-state index is 12.3. The molecule has 0 aromatic rings. The highest BCUT2D eigenvalue weighted by atomic mass is 32.3. The topological polar surface area (TPSA) is 393 Å². The van der Waals surface area contributed by atoms with Gasteiger partial charge in [-0.15, -0.1) is 13.0 Å². The van der Waals surface area contributed by atoms with E-state index in [2.05, 4.69) is 28.1 Å². The maximum Gasteiger partial charge on any atom is 0.397 e. The van der Waals surface area contributed by atoms with Gasteiger partial charge in [0.25, 0.3) is 0 Å². The summed E-state index contributed by atoms with van der Waals surface area (Å²) in [5, 5.41) is 100. The molecule has 10 N–H and O–H groups in total. The van der Waals surface area contributed by atoms with Gasteiger partial charge in [0.2, 0.25) is 0 Å². The third-order valence-corrected chi connectivity index (χ3v) is 10.5. The average molecular weight is 923 g/mol. The van der Waals surface area contributed by atoms with Gasteiger partial charge in [0, 0.05) is 0 Å². The summed E-state index contributed by atoms with van der Waals surface area (Å²) >= 11 is -0.263. The van der Waals surface area contributed by atoms with Crippen molar-refractivity contribution >= 4 is 47.4 Å². The lowest BCUT2D eigenvalue weighted by molar-refractivity contribution is -0.436. The number of rotatable bonds is 20. The van der Waals surface area contributed by atoms with Gasteiger partial charge in [0.15, 0.2) is 80.4 Å². The summed E-state index contributed by atoms with van der Waals surface area (Å²) in [6, 6.07) is 0. The standard InChI is InChI=1S/C24H42O29S4/c1-5-9(25)12(28)13(29)22(38-5)42-16-11(27)7(3)39-23(19(16)45-55-52-49-32)41-14-8(4)40-24(20(46-56-53-50-33)17(14)47-57(34,35)36)43-15-10(26)6(2)37-21(30)18(15)44-54-51-48-31/h5-33H,1-4H3,(H,34,35,36)/t5?,6?,7?,8?,9-,10-,11-,12+,13?,14-,15+,16+,17+,18?,19?,20?,21-,22+,23+,24+/m1/s1. The van der Waals surface area contributed by atoms with Crippen LogP contribution in [0.25, 0.3) is 0 Å². The van der Waals surface area contributed by atoms with Crippen LogP contribution in [-0.4, -0.2) is 182 Å². The molecule has 4 fully saturated rings. The Bertz CT molecular complexity index is 1300. The SMILES string of the molecule is CC1O[C@@H](O[C@@H]2C(OSOOO)[C@H](O[C@@H]3C(C)O[C@@H](O[C@@H]4C(OSOOO)[C@H](O)OC(C)[C@H]4O)C(OSOOO)[C@H]3OS(=O)(=O)O)OC(C)[C@H]2O)C(O)[C@@H](O)[C@@H]1O. The van der Waals surface area contributed by atoms with Crippen LogP contribution in [0.3, 0.4) is 0 Å². The zero-order valence-electron chi connectivity index (χ0n) is 29.4. The summed E-state index contributed by atoms with van der Waals surface area (Å²) in [5.74, 6) is 0. The minimum Gasteiger partial charge on any atom is -0.388 e. The highest BCUT2D eigenvalue weighted by Crippen LogP contribution is 2.39. The van der Waals surface area contributed by atoms with E-state index < -0.39 is 133 Å². The molecule has 4 heterocycles. The molecular weight excluding hydrogens is 881 g/mol. The predicted octanol–water partition coefficient (Wildman–Crippen LogP) is -2.79. The van der Waals surface area contributed by atoms with Gasteiger partial charge in [-0.1, -0.05) is 15.1 Å². The zero-order chi connectivity index (χ0) is 42.2. The average Bonchev–Trinajstić information content (AvgIpc) is 3.14. The first-order valence-electron chi connectivity index (χ1n) is 16.2. The number of hydrogen-bond acceptors (Lipinski definition) is 31. The molecule has 0 aromatic heterocycles. The van der Waals surface area contributed by atoms with Crippen LogP contribution in [0.2, 0.25) is 0 Å². The van der Waals surface area contributed by atoms with Gasteiger partial charge in [-0.25, -0.2) is 20.0 Å². The quantitative estimate of drug-likeness (QED) is 0.0194. The van der Waals surface area contributed by atoms with E-state index >= 15 is 0 Å². The second kappa shape index (κ2) is 22.8. The fraction of sp³-hybridized carbons (Fsp3) is 1.00. The van der Waals surface area contributed by atoms with Crippen molar-refractivity contribution in [2.45, 2.75) is 151 Å². The molecule has 0 aromatic carbocycles. The van der Waals surface area contributed by atoms with E-state index in [4.69, 9.17) is 65.7 Å². The van der Waals surface area contributed by atoms with Crippen molar-refractivity contribution in [2.24, 2.45) is 0 Å². The van der Waals surface area contributed by atoms with Crippen molar-refractivity contribution in [3.8, 4) is 0 Å². The minimum absolute atomic E-state index is 0.0345. The van der Waals surface area contributed by atoms with Crippen molar-refractivity contribution in [1.82, 2.24) is 0 Å². The largest absolute Gasteiger partial charge is 0.397 e. The van der Waals surface area contributed by atoms with Crippen LogP contribution < -0.4 is 0 Å². The molecule has 0 amide bonds. The Balaban J connectivity index is 1.69. The van der Waals surface area contributed by atoms with Gasteiger partial charge in [-0.3, -0.25) is 17.1 Å². The Morgan fingerprint density at radius 1 is 0.456 bits per heavy atom. The van der Waals surface area contributed by atoms with Crippen LogP contribution >= 0.6 is 37.0 Å². The molecule has 33 heteroatoms. The van der Waals surface area contributed by atoms with Gasteiger partial charge in [0.1, 0.15) is 54.9 Å². The molecule has 8 unspecified atom stereocenters. The molecule has 4 aliphatic heterocycles. The Hall–Kier alpha value is -0.0800. The van der Waals surface area contributed by atoms with Crippen molar-refractivity contribution in [1.29, 1.82) is 0 Å². The summed E-state index contributed by atoms with van der Waals surface area (Å²) < 4.78 is 109. The van der Waals surface area contributed by atoms with Crippen molar-refractivity contribution in [3.05, 3.63) is 0 Å². The number of aliphatic hydroxyl groups is 6. The smallest absolute Gasteiger partial charge is 0.388 e. The monoisotopic (exact) mass is 922 g/mol. The van der Waals surface area contributed by atoms with E-state index in [1.165, 1.54) is 27.7 Å². The van der Waals surface area contributed by atoms with Crippen LogP contribution in [0.4, 0.5) is 0 Å². The van der Waals surface area contributed by atoms with Gasteiger partial charge < -0.3 is 63.8 Å². The van der Waals surface area contributed by atoms with E-state index in [0.717, 1.165) is 0 Å². The van der Waals surface area contributed by atoms with Gasteiger partial charge >= 0.3 is 10.4 Å². The van der Waals surface area contributed by atoms with E-state index in [9.17, 15) is 43.6 Å². The molecule has 0 saturated carbocycles. The lowest BCUT2D eigenvalue weighted by atomic mass is 9.96. The maximum atomic E-state index is 12.3. The molecule has 0 radical (unpaired) electrons. The molecule has 0 aliphatic carbocycles. The predicted molar refractivity (Wildman–Crippen MR) is 172 cm³/mol. The first kappa shape index (κ1) is 49.6. The van der Waals surface area contributed by atoms with Crippen LogP contribution in [0.15, 0.2) is 0 Å². The third kappa shape index (κ3) is 13.0. The highest BCUT2D eigenvalue weighted by molar-refractivity contribution is 7.90. The molecular formula is C24H42O29S4. The molecule has 336 valence electrons. The van der Waals surface area contributed by atoms with Crippen molar-refractivity contribution in [2.75, 3.05) is 0 Å². The first-order valence-corrected chi connectivity index (χ1v) is 19.5. The molecule has 4 aliphatic rings. The van der Waals surface area contributed by atoms with E-state index in [1.807, 2.05) is 0 Å². The lowest BCUT2D eigenvalue weighted by Gasteiger charge is -2.49. The van der Waals surface area contributed by atoms with Gasteiger partial charge in [-0.05, 0) is 27.7 Å². The Kier molecular flexibility index (Phi) is 19.9. The van der Waals surface area contributed by atoms with E-state index in [0.29, 0.717) is 0 Å². The van der Waals surface area contributed by atoms with E-state index in [-0.39, 0.29) is 37.0 Å². The molecule has 0 bridgehead atoms. The van der Waals surface area contributed by atoms with Crippen molar-refractivity contribution < 1.29 is 137 Å².